The SMILES string of the molecule is Cc1cc(=O)c(OCc2ccccc2)c(C(=O)NCc2cc[c-]cc2)o1.[Y]. The maximum Gasteiger partial charge on any atom is 0.291 e. The molecular weight excluding hydrogens is 419 g/mol. The van der Waals surface area contributed by atoms with Gasteiger partial charge < -0.3 is 14.5 Å². The Balaban J connectivity index is 0.00000261. The molecule has 0 bridgehead atoms. The summed E-state index contributed by atoms with van der Waals surface area (Å²) in [5.41, 5.74) is 1.42. The number of benzene rings is 2. The van der Waals surface area contributed by atoms with Crippen LogP contribution in [0.15, 0.2) is 69.9 Å². The quantitative estimate of drug-likeness (QED) is 0.602. The van der Waals surface area contributed by atoms with E-state index in [4.69, 9.17) is 9.15 Å². The van der Waals surface area contributed by atoms with Crippen molar-refractivity contribution in [3.63, 3.8) is 0 Å². The first kappa shape index (κ1) is 21.1. The molecule has 3 aromatic rings. The molecule has 6 heteroatoms. The summed E-state index contributed by atoms with van der Waals surface area (Å²) in [5.74, 6) is -0.352. The fourth-order valence-corrected chi connectivity index (χ4v) is 2.42. The molecule has 3 rings (SSSR count). The third-order valence-corrected chi connectivity index (χ3v) is 3.70. The van der Waals surface area contributed by atoms with Crippen LogP contribution < -0.4 is 15.5 Å². The van der Waals surface area contributed by atoms with Gasteiger partial charge in [-0.15, -0.1) is 5.56 Å². The van der Waals surface area contributed by atoms with Crippen LogP contribution in [-0.4, -0.2) is 5.91 Å². The average molecular weight is 437 g/mol. The summed E-state index contributed by atoms with van der Waals surface area (Å²) in [6.07, 6.45) is 0. The number of rotatable bonds is 6. The van der Waals surface area contributed by atoms with Crippen molar-refractivity contribution in [3.8, 4) is 5.75 Å². The molecular formula is C21H18NO4Y-. The van der Waals surface area contributed by atoms with Crippen LogP contribution in [0.2, 0.25) is 0 Å². The van der Waals surface area contributed by atoms with E-state index in [2.05, 4.69) is 11.4 Å². The van der Waals surface area contributed by atoms with E-state index in [1.807, 2.05) is 42.5 Å². The van der Waals surface area contributed by atoms with Crippen LogP contribution in [0.4, 0.5) is 0 Å². The molecule has 1 N–H and O–H groups in total. The van der Waals surface area contributed by atoms with Crippen molar-refractivity contribution in [2.45, 2.75) is 20.1 Å². The molecule has 0 aliphatic rings. The average Bonchev–Trinajstić information content (AvgIpc) is 2.66. The Kier molecular flexibility index (Phi) is 7.95. The predicted octanol–water partition coefficient (Wildman–Crippen LogP) is 3.25. The van der Waals surface area contributed by atoms with Crippen LogP contribution in [0.3, 0.4) is 0 Å². The minimum absolute atomic E-state index is 0. The van der Waals surface area contributed by atoms with Gasteiger partial charge in [0.2, 0.25) is 16.9 Å². The van der Waals surface area contributed by atoms with Gasteiger partial charge in [-0.25, -0.2) is 0 Å². The zero-order valence-corrected chi connectivity index (χ0v) is 17.7. The summed E-state index contributed by atoms with van der Waals surface area (Å²) in [4.78, 5) is 24.8. The van der Waals surface area contributed by atoms with Gasteiger partial charge in [-0.05, 0) is 12.5 Å². The summed E-state index contributed by atoms with van der Waals surface area (Å²) in [6, 6.07) is 20.9. The van der Waals surface area contributed by atoms with Crippen molar-refractivity contribution in [1.29, 1.82) is 0 Å². The van der Waals surface area contributed by atoms with Crippen molar-refractivity contribution >= 4 is 5.91 Å². The molecule has 0 aliphatic heterocycles. The molecule has 135 valence electrons. The van der Waals surface area contributed by atoms with Gasteiger partial charge in [0.15, 0.2) is 0 Å². The first-order valence-corrected chi connectivity index (χ1v) is 8.18. The first-order chi connectivity index (χ1) is 12.6. The van der Waals surface area contributed by atoms with E-state index >= 15 is 0 Å². The number of aryl methyl sites for hydroxylation is 1. The summed E-state index contributed by atoms with van der Waals surface area (Å²) in [6.45, 7) is 2.10. The smallest absolute Gasteiger partial charge is 0.291 e. The third kappa shape index (κ3) is 5.88. The summed E-state index contributed by atoms with van der Waals surface area (Å²) in [5, 5.41) is 2.74. The molecule has 0 saturated carbocycles. The number of hydrogen-bond acceptors (Lipinski definition) is 4. The summed E-state index contributed by atoms with van der Waals surface area (Å²) in [7, 11) is 0. The Bertz CT molecular complexity index is 939. The Labute approximate surface area is 182 Å². The number of nitrogens with one attached hydrogen (secondary N) is 1. The monoisotopic (exact) mass is 437 g/mol. The van der Waals surface area contributed by atoms with E-state index in [0.29, 0.717) is 12.3 Å². The van der Waals surface area contributed by atoms with Crippen LogP contribution in [0.1, 0.15) is 27.4 Å². The molecule has 0 atom stereocenters. The first-order valence-electron chi connectivity index (χ1n) is 8.18. The van der Waals surface area contributed by atoms with Crippen molar-refractivity contribution in [1.82, 2.24) is 5.32 Å². The Hall–Kier alpha value is -2.24. The minimum Gasteiger partial charge on any atom is -0.481 e. The predicted molar refractivity (Wildman–Crippen MR) is 96.9 cm³/mol. The second-order valence-corrected chi connectivity index (χ2v) is 5.74. The number of ether oxygens (including phenoxy) is 1. The van der Waals surface area contributed by atoms with E-state index in [1.165, 1.54) is 6.07 Å². The van der Waals surface area contributed by atoms with Gasteiger partial charge in [-0.2, -0.15) is 30.3 Å². The second kappa shape index (κ2) is 10.2. The van der Waals surface area contributed by atoms with Crippen LogP contribution >= 0.6 is 0 Å². The number of carbonyl (C=O) groups excluding carboxylic acids is 1. The van der Waals surface area contributed by atoms with E-state index in [1.54, 1.807) is 19.1 Å². The number of carbonyl (C=O) groups is 1. The standard InChI is InChI=1S/C21H18NO4.Y/c1-15-12-18(23)19(25-14-17-10-6-3-7-11-17)20(26-15)21(24)22-13-16-8-4-2-5-9-16;/h3-12H,13-14H2,1H3,(H,22,24);/q-1;. The molecule has 2 aromatic carbocycles. The van der Waals surface area contributed by atoms with E-state index in [-0.39, 0.29) is 56.3 Å². The largest absolute Gasteiger partial charge is 0.481 e. The van der Waals surface area contributed by atoms with Gasteiger partial charge in [-0.1, -0.05) is 30.3 Å². The van der Waals surface area contributed by atoms with Gasteiger partial charge in [0.25, 0.3) is 5.91 Å². The van der Waals surface area contributed by atoms with Crippen molar-refractivity contribution in [3.05, 3.63) is 99.6 Å². The summed E-state index contributed by atoms with van der Waals surface area (Å²) < 4.78 is 11.1. The van der Waals surface area contributed by atoms with Gasteiger partial charge in [0.1, 0.15) is 12.4 Å². The molecule has 0 saturated heterocycles. The molecule has 1 heterocycles. The second-order valence-electron chi connectivity index (χ2n) is 5.74. The van der Waals surface area contributed by atoms with Gasteiger partial charge in [0, 0.05) is 45.3 Å². The Morgan fingerprint density at radius 3 is 2.52 bits per heavy atom. The van der Waals surface area contributed by atoms with Crippen molar-refractivity contribution in [2.75, 3.05) is 0 Å². The van der Waals surface area contributed by atoms with Gasteiger partial charge >= 0.3 is 0 Å². The number of amides is 1. The molecule has 0 aliphatic carbocycles. The molecule has 1 radical (unpaired) electrons. The maximum atomic E-state index is 12.5. The number of hydrogen-bond donors (Lipinski definition) is 1. The summed E-state index contributed by atoms with van der Waals surface area (Å²) >= 11 is 0. The zero-order valence-electron chi connectivity index (χ0n) is 14.9. The van der Waals surface area contributed by atoms with E-state index in [0.717, 1.165) is 11.1 Å². The molecule has 1 amide bonds. The topological polar surface area (TPSA) is 68.5 Å². The molecule has 0 unspecified atom stereocenters. The molecule has 1 aromatic heterocycles. The zero-order chi connectivity index (χ0) is 18.4. The fourth-order valence-electron chi connectivity index (χ4n) is 2.42. The molecule has 0 spiro atoms. The van der Waals surface area contributed by atoms with Crippen molar-refractivity contribution in [2.24, 2.45) is 0 Å². The van der Waals surface area contributed by atoms with Gasteiger partial charge in [-0.3, -0.25) is 9.59 Å². The molecule has 27 heavy (non-hydrogen) atoms. The van der Waals surface area contributed by atoms with Crippen LogP contribution in [-0.2, 0) is 45.9 Å². The van der Waals surface area contributed by atoms with Crippen LogP contribution in [0.25, 0.3) is 0 Å². The van der Waals surface area contributed by atoms with Crippen LogP contribution in [0, 0.1) is 13.0 Å². The molecule has 0 fully saturated rings. The maximum absolute atomic E-state index is 12.5. The van der Waals surface area contributed by atoms with Crippen LogP contribution in [0.5, 0.6) is 5.75 Å². The van der Waals surface area contributed by atoms with Gasteiger partial charge in [0.05, 0.1) is 0 Å². The van der Waals surface area contributed by atoms with E-state index < -0.39 is 5.91 Å². The Morgan fingerprint density at radius 1 is 1.11 bits per heavy atom. The fraction of sp³-hybridized carbons (Fsp3) is 0.143. The normalized spacial score (nSPS) is 9.96. The van der Waals surface area contributed by atoms with Crippen molar-refractivity contribution < 1.29 is 46.7 Å². The molecule has 5 nitrogen and oxygen atoms in total. The minimum atomic E-state index is -0.498. The Morgan fingerprint density at radius 2 is 1.81 bits per heavy atom. The third-order valence-electron chi connectivity index (χ3n) is 3.70. The van der Waals surface area contributed by atoms with E-state index in [9.17, 15) is 9.59 Å².